The largest absolute Gasteiger partial charge is 0.465 e. The summed E-state index contributed by atoms with van der Waals surface area (Å²) in [5.41, 5.74) is 0.564. The number of ether oxygens (including phenoxy) is 1. The molecule has 0 radical (unpaired) electrons. The van der Waals surface area contributed by atoms with E-state index in [0.717, 1.165) is 9.37 Å². The van der Waals surface area contributed by atoms with Crippen LogP contribution in [0, 0.1) is 0 Å². The molecule has 0 saturated heterocycles. The monoisotopic (exact) mass is 260 g/mol. The van der Waals surface area contributed by atoms with E-state index in [1.165, 1.54) is 7.11 Å². The van der Waals surface area contributed by atoms with E-state index in [4.69, 9.17) is 0 Å². The third-order valence-corrected chi connectivity index (χ3v) is 3.49. The Morgan fingerprint density at radius 1 is 1.54 bits per heavy atom. The van der Waals surface area contributed by atoms with Gasteiger partial charge in [0.25, 0.3) is 0 Å². The number of esters is 1. The van der Waals surface area contributed by atoms with Gasteiger partial charge in [0.15, 0.2) is 0 Å². The Bertz CT molecular complexity index is 325. The average Bonchev–Trinajstić information content (AvgIpc) is 2.17. The van der Waals surface area contributed by atoms with Crippen molar-refractivity contribution in [2.45, 2.75) is 4.90 Å². The standard InChI is InChI=1S/C9H9BrO2S/c1-12-9(11)6-4-3-5-7(13-2)8(6)10/h3-5H,1-2H3. The summed E-state index contributed by atoms with van der Waals surface area (Å²) >= 11 is 4.94. The quantitative estimate of drug-likeness (QED) is 0.604. The van der Waals surface area contributed by atoms with Crippen molar-refractivity contribution in [2.24, 2.45) is 0 Å². The van der Waals surface area contributed by atoms with Gasteiger partial charge in [-0.3, -0.25) is 0 Å². The first-order chi connectivity index (χ1) is 6.20. The third kappa shape index (κ3) is 2.25. The molecule has 0 bridgehead atoms. The Morgan fingerprint density at radius 3 is 2.77 bits per heavy atom. The second-order valence-corrected chi connectivity index (χ2v) is 3.95. The van der Waals surface area contributed by atoms with Gasteiger partial charge in [-0.1, -0.05) is 6.07 Å². The first kappa shape index (κ1) is 10.6. The van der Waals surface area contributed by atoms with Crippen LogP contribution in [-0.4, -0.2) is 19.3 Å². The van der Waals surface area contributed by atoms with E-state index in [-0.39, 0.29) is 5.97 Å². The summed E-state index contributed by atoms with van der Waals surface area (Å²) in [6.07, 6.45) is 1.96. The van der Waals surface area contributed by atoms with Gasteiger partial charge >= 0.3 is 5.97 Å². The van der Waals surface area contributed by atoms with Crippen molar-refractivity contribution >= 4 is 33.7 Å². The van der Waals surface area contributed by atoms with Gasteiger partial charge in [-0.05, 0) is 34.3 Å². The normalized spacial score (nSPS) is 9.77. The minimum Gasteiger partial charge on any atom is -0.465 e. The zero-order valence-electron chi connectivity index (χ0n) is 7.33. The molecule has 0 aliphatic rings. The van der Waals surface area contributed by atoms with Crippen LogP contribution >= 0.6 is 27.7 Å². The van der Waals surface area contributed by atoms with Crippen LogP contribution in [0.5, 0.6) is 0 Å². The van der Waals surface area contributed by atoms with Crippen LogP contribution in [0.15, 0.2) is 27.6 Å². The number of rotatable bonds is 2. The number of thioether (sulfide) groups is 1. The van der Waals surface area contributed by atoms with E-state index >= 15 is 0 Å². The van der Waals surface area contributed by atoms with Crippen LogP contribution in [0.25, 0.3) is 0 Å². The van der Waals surface area contributed by atoms with Crippen molar-refractivity contribution in [3.05, 3.63) is 28.2 Å². The highest BCUT2D eigenvalue weighted by molar-refractivity contribution is 9.10. The van der Waals surface area contributed by atoms with Crippen molar-refractivity contribution in [3.8, 4) is 0 Å². The summed E-state index contributed by atoms with van der Waals surface area (Å²) in [7, 11) is 1.38. The summed E-state index contributed by atoms with van der Waals surface area (Å²) in [5.74, 6) is -0.317. The zero-order valence-corrected chi connectivity index (χ0v) is 9.74. The van der Waals surface area contributed by atoms with E-state index in [0.29, 0.717) is 5.56 Å². The maximum absolute atomic E-state index is 11.2. The highest BCUT2D eigenvalue weighted by Gasteiger charge is 2.11. The second-order valence-electron chi connectivity index (χ2n) is 2.31. The Kier molecular flexibility index (Phi) is 3.81. The molecule has 2 nitrogen and oxygen atoms in total. The molecule has 0 N–H and O–H groups in total. The zero-order chi connectivity index (χ0) is 9.84. The van der Waals surface area contributed by atoms with Crippen molar-refractivity contribution in [2.75, 3.05) is 13.4 Å². The number of halogens is 1. The fourth-order valence-corrected chi connectivity index (χ4v) is 2.35. The van der Waals surface area contributed by atoms with Gasteiger partial charge in [-0.25, -0.2) is 4.79 Å². The predicted octanol–water partition coefficient (Wildman–Crippen LogP) is 2.96. The molecular formula is C9H9BrO2S. The van der Waals surface area contributed by atoms with Gasteiger partial charge in [-0.15, -0.1) is 11.8 Å². The SMILES string of the molecule is COC(=O)c1cccc(SC)c1Br. The minimum atomic E-state index is -0.317. The number of hydrogen-bond donors (Lipinski definition) is 0. The maximum atomic E-state index is 11.2. The minimum absolute atomic E-state index is 0.317. The smallest absolute Gasteiger partial charge is 0.339 e. The first-order valence-electron chi connectivity index (χ1n) is 3.61. The summed E-state index contributed by atoms with van der Waals surface area (Å²) in [5, 5.41) is 0. The number of hydrogen-bond acceptors (Lipinski definition) is 3. The number of benzene rings is 1. The molecule has 0 amide bonds. The van der Waals surface area contributed by atoms with E-state index in [9.17, 15) is 4.79 Å². The molecule has 4 heteroatoms. The lowest BCUT2D eigenvalue weighted by Crippen LogP contribution is -2.02. The summed E-state index contributed by atoms with van der Waals surface area (Å²) < 4.78 is 5.44. The van der Waals surface area contributed by atoms with Gasteiger partial charge in [0.1, 0.15) is 0 Å². The lowest BCUT2D eigenvalue weighted by molar-refractivity contribution is 0.0599. The third-order valence-electron chi connectivity index (χ3n) is 1.59. The Hall–Kier alpha value is -0.480. The topological polar surface area (TPSA) is 26.3 Å². The van der Waals surface area contributed by atoms with Crippen LogP contribution < -0.4 is 0 Å². The molecule has 0 aliphatic carbocycles. The number of methoxy groups -OCH3 is 1. The average molecular weight is 261 g/mol. The van der Waals surface area contributed by atoms with Gasteiger partial charge < -0.3 is 4.74 Å². The van der Waals surface area contributed by atoms with Crippen LogP contribution in [0.1, 0.15) is 10.4 Å². The van der Waals surface area contributed by atoms with Crippen molar-refractivity contribution in [3.63, 3.8) is 0 Å². The van der Waals surface area contributed by atoms with Crippen molar-refractivity contribution in [1.29, 1.82) is 0 Å². The van der Waals surface area contributed by atoms with E-state index in [2.05, 4.69) is 20.7 Å². The number of carbonyl (C=O) groups is 1. The molecular weight excluding hydrogens is 252 g/mol. The first-order valence-corrected chi connectivity index (χ1v) is 5.63. The second kappa shape index (κ2) is 4.67. The van der Waals surface area contributed by atoms with Crippen LogP contribution in [0.4, 0.5) is 0 Å². The molecule has 1 aromatic rings. The lowest BCUT2D eigenvalue weighted by atomic mass is 10.2. The molecule has 0 saturated carbocycles. The fourth-order valence-electron chi connectivity index (χ4n) is 0.936. The molecule has 0 heterocycles. The van der Waals surface area contributed by atoms with E-state index in [1.54, 1.807) is 17.8 Å². The van der Waals surface area contributed by atoms with Crippen LogP contribution in [-0.2, 0) is 4.74 Å². The molecule has 0 fully saturated rings. The van der Waals surface area contributed by atoms with Crippen LogP contribution in [0.2, 0.25) is 0 Å². The van der Waals surface area contributed by atoms with Crippen molar-refractivity contribution < 1.29 is 9.53 Å². The summed E-state index contributed by atoms with van der Waals surface area (Å²) in [4.78, 5) is 12.3. The molecule has 70 valence electrons. The predicted molar refractivity (Wildman–Crippen MR) is 57.3 cm³/mol. The molecule has 13 heavy (non-hydrogen) atoms. The van der Waals surface area contributed by atoms with Crippen LogP contribution in [0.3, 0.4) is 0 Å². The fraction of sp³-hybridized carbons (Fsp3) is 0.222. The maximum Gasteiger partial charge on any atom is 0.339 e. The molecule has 0 unspecified atom stereocenters. The summed E-state index contributed by atoms with van der Waals surface area (Å²) in [6, 6.07) is 5.51. The molecule has 0 aliphatic heterocycles. The Morgan fingerprint density at radius 2 is 2.23 bits per heavy atom. The molecule has 0 spiro atoms. The molecule has 1 rings (SSSR count). The van der Waals surface area contributed by atoms with Gasteiger partial charge in [0, 0.05) is 9.37 Å². The molecule has 0 aromatic heterocycles. The molecule has 0 atom stereocenters. The van der Waals surface area contributed by atoms with E-state index < -0.39 is 0 Å². The van der Waals surface area contributed by atoms with Gasteiger partial charge in [0.05, 0.1) is 12.7 Å². The Labute approximate surface area is 89.8 Å². The highest BCUT2D eigenvalue weighted by atomic mass is 79.9. The lowest BCUT2D eigenvalue weighted by Gasteiger charge is -2.05. The summed E-state index contributed by atoms with van der Waals surface area (Å²) in [6.45, 7) is 0. The molecule has 1 aromatic carbocycles. The van der Waals surface area contributed by atoms with E-state index in [1.807, 2.05) is 18.4 Å². The highest BCUT2D eigenvalue weighted by Crippen LogP contribution is 2.29. The van der Waals surface area contributed by atoms with Gasteiger partial charge in [0.2, 0.25) is 0 Å². The van der Waals surface area contributed by atoms with Gasteiger partial charge in [-0.2, -0.15) is 0 Å². The Balaban J connectivity index is 3.15. The van der Waals surface area contributed by atoms with Crippen molar-refractivity contribution in [1.82, 2.24) is 0 Å². The number of carbonyl (C=O) groups excluding carboxylic acids is 1.